The molecule has 4 aliphatic carbocycles. The molecule has 4 aliphatic rings. The number of methoxy groups -OCH3 is 1. The summed E-state index contributed by atoms with van der Waals surface area (Å²) in [5, 5.41) is 0. The van der Waals surface area contributed by atoms with E-state index in [-0.39, 0.29) is 11.3 Å². The van der Waals surface area contributed by atoms with Crippen LogP contribution in [0.3, 0.4) is 0 Å². The monoisotopic (exact) mass is 332 g/mol. The van der Waals surface area contributed by atoms with Gasteiger partial charge in [0.2, 0.25) is 0 Å². The number of hydrogen-bond acceptors (Lipinski definition) is 2. The van der Waals surface area contributed by atoms with Gasteiger partial charge in [0.1, 0.15) is 6.61 Å². The first-order chi connectivity index (χ1) is 11.5. The van der Waals surface area contributed by atoms with Crippen LogP contribution >= 0.6 is 0 Å². The maximum atomic E-state index is 12.6. The largest absolute Gasteiger partial charge is 0.377 e. The van der Waals surface area contributed by atoms with Crippen molar-refractivity contribution in [3.05, 3.63) is 0 Å². The molecular formula is C22H36O2. The van der Waals surface area contributed by atoms with Crippen LogP contribution < -0.4 is 0 Å². The zero-order valence-electron chi connectivity index (χ0n) is 16.0. The Kier molecular flexibility index (Phi) is 4.34. The molecule has 0 saturated heterocycles. The minimum atomic E-state index is 0.259. The van der Waals surface area contributed by atoms with Crippen molar-refractivity contribution in [3.63, 3.8) is 0 Å². The van der Waals surface area contributed by atoms with Crippen molar-refractivity contribution in [2.24, 2.45) is 40.4 Å². The van der Waals surface area contributed by atoms with Crippen molar-refractivity contribution in [2.45, 2.75) is 78.1 Å². The van der Waals surface area contributed by atoms with Crippen LogP contribution in [0.25, 0.3) is 0 Å². The van der Waals surface area contributed by atoms with Gasteiger partial charge in [-0.1, -0.05) is 26.7 Å². The molecule has 2 nitrogen and oxygen atoms in total. The maximum absolute atomic E-state index is 12.6. The van der Waals surface area contributed by atoms with Crippen LogP contribution in [0.2, 0.25) is 0 Å². The second-order valence-electron chi connectivity index (χ2n) is 9.98. The molecule has 4 saturated carbocycles. The first-order valence-corrected chi connectivity index (χ1v) is 10.5. The molecule has 0 heterocycles. The number of carbonyl (C=O) groups is 1. The lowest BCUT2D eigenvalue weighted by molar-refractivity contribution is -0.138. The third kappa shape index (κ3) is 2.35. The minimum Gasteiger partial charge on any atom is -0.377 e. The Labute approximate surface area is 148 Å². The average molecular weight is 333 g/mol. The molecule has 136 valence electrons. The molecule has 2 heteroatoms. The summed E-state index contributed by atoms with van der Waals surface area (Å²) in [6.07, 6.45) is 13.8. The Hall–Kier alpha value is -0.370. The van der Waals surface area contributed by atoms with Crippen LogP contribution in [-0.4, -0.2) is 19.5 Å². The topological polar surface area (TPSA) is 26.3 Å². The number of carbonyl (C=O) groups excluding carboxylic acids is 1. The van der Waals surface area contributed by atoms with E-state index in [1.54, 1.807) is 7.11 Å². The highest BCUT2D eigenvalue weighted by Gasteiger charge is 2.60. The fourth-order valence-corrected chi connectivity index (χ4v) is 8.07. The van der Waals surface area contributed by atoms with E-state index in [9.17, 15) is 4.79 Å². The normalized spacial score (nSPS) is 50.7. The highest BCUT2D eigenvalue weighted by atomic mass is 16.5. The van der Waals surface area contributed by atoms with Crippen molar-refractivity contribution in [3.8, 4) is 0 Å². The molecule has 0 aromatic rings. The fraction of sp³-hybridized carbons (Fsp3) is 0.955. The summed E-state index contributed by atoms with van der Waals surface area (Å²) >= 11 is 0. The van der Waals surface area contributed by atoms with Crippen molar-refractivity contribution < 1.29 is 9.53 Å². The van der Waals surface area contributed by atoms with E-state index in [1.165, 1.54) is 57.8 Å². The van der Waals surface area contributed by atoms with Gasteiger partial charge in [0.15, 0.2) is 5.78 Å². The van der Waals surface area contributed by atoms with Crippen LogP contribution in [0.5, 0.6) is 0 Å². The van der Waals surface area contributed by atoms with Gasteiger partial charge >= 0.3 is 0 Å². The van der Waals surface area contributed by atoms with E-state index in [1.807, 2.05) is 0 Å². The summed E-state index contributed by atoms with van der Waals surface area (Å²) in [5.74, 6) is 4.25. The molecule has 0 radical (unpaired) electrons. The number of hydrogen-bond donors (Lipinski definition) is 0. The standard InChI is InChI=1S/C22H36O2/c1-21-12-5-4-6-15(21)7-8-16-17-9-10-19(20(23)14-24-3)22(17,2)13-11-18(16)21/h15-19H,4-14H2,1-3H3/t15-,16+,17-,18+,19+,21+,22+/m1/s1. The Morgan fingerprint density at radius 1 is 0.917 bits per heavy atom. The summed E-state index contributed by atoms with van der Waals surface area (Å²) in [7, 11) is 1.66. The van der Waals surface area contributed by atoms with E-state index >= 15 is 0 Å². The summed E-state index contributed by atoms with van der Waals surface area (Å²) in [6, 6.07) is 0. The number of Topliss-reactive ketones (excluding diaryl/α,β-unsaturated/α-hetero) is 1. The van der Waals surface area contributed by atoms with Crippen molar-refractivity contribution in [1.82, 2.24) is 0 Å². The maximum Gasteiger partial charge on any atom is 0.162 e. The molecule has 0 amide bonds. The molecule has 0 N–H and O–H groups in total. The lowest BCUT2D eigenvalue weighted by Gasteiger charge is -2.60. The Balaban J connectivity index is 1.58. The van der Waals surface area contributed by atoms with Gasteiger partial charge in [-0.25, -0.2) is 0 Å². The Morgan fingerprint density at radius 3 is 2.50 bits per heavy atom. The van der Waals surface area contributed by atoms with Crippen LogP contribution in [0, 0.1) is 40.4 Å². The number of rotatable bonds is 3. The molecule has 4 rings (SSSR count). The lowest BCUT2D eigenvalue weighted by atomic mass is 9.45. The van der Waals surface area contributed by atoms with Crippen molar-refractivity contribution in [2.75, 3.05) is 13.7 Å². The van der Waals surface area contributed by atoms with Gasteiger partial charge in [-0.05, 0) is 85.9 Å². The highest BCUT2D eigenvalue weighted by Crippen LogP contribution is 2.67. The average Bonchev–Trinajstić information content (AvgIpc) is 2.92. The first kappa shape index (κ1) is 17.1. The fourth-order valence-electron chi connectivity index (χ4n) is 8.07. The van der Waals surface area contributed by atoms with Crippen molar-refractivity contribution >= 4 is 5.78 Å². The predicted molar refractivity (Wildman–Crippen MR) is 96.7 cm³/mol. The van der Waals surface area contributed by atoms with E-state index in [4.69, 9.17) is 4.74 Å². The molecule has 0 unspecified atom stereocenters. The van der Waals surface area contributed by atoms with Gasteiger partial charge in [0.25, 0.3) is 0 Å². The lowest BCUT2D eigenvalue weighted by Crippen LogP contribution is -2.53. The molecule has 4 fully saturated rings. The van der Waals surface area contributed by atoms with E-state index in [2.05, 4.69) is 13.8 Å². The molecule has 0 bridgehead atoms. The third-order valence-electron chi connectivity index (χ3n) is 9.26. The Bertz CT molecular complexity index is 500. The molecule has 0 aromatic heterocycles. The number of ether oxygens (including phenoxy) is 1. The molecule has 0 aliphatic heterocycles. The molecule has 7 atom stereocenters. The van der Waals surface area contributed by atoms with Gasteiger partial charge in [-0.15, -0.1) is 0 Å². The van der Waals surface area contributed by atoms with Gasteiger partial charge < -0.3 is 4.74 Å². The SMILES string of the molecule is COCC(=O)[C@@H]1CC[C@@H]2[C@@H]3CC[C@H]4CCCC[C@]4(C)[C@H]3CC[C@@]21C. The molecule has 0 aromatic carbocycles. The van der Waals surface area contributed by atoms with Crippen LogP contribution in [0.1, 0.15) is 78.1 Å². The smallest absolute Gasteiger partial charge is 0.162 e. The summed E-state index contributed by atoms with van der Waals surface area (Å²) in [5.41, 5.74) is 0.867. The van der Waals surface area contributed by atoms with E-state index in [0.717, 1.165) is 30.1 Å². The van der Waals surface area contributed by atoms with Gasteiger partial charge in [-0.2, -0.15) is 0 Å². The summed E-state index contributed by atoms with van der Waals surface area (Å²) in [4.78, 5) is 12.6. The third-order valence-corrected chi connectivity index (χ3v) is 9.26. The van der Waals surface area contributed by atoms with Crippen LogP contribution in [0.15, 0.2) is 0 Å². The van der Waals surface area contributed by atoms with E-state index < -0.39 is 0 Å². The minimum absolute atomic E-state index is 0.259. The van der Waals surface area contributed by atoms with Crippen LogP contribution in [0.4, 0.5) is 0 Å². The molecule has 0 spiro atoms. The number of fused-ring (bicyclic) bond motifs is 5. The zero-order chi connectivity index (χ0) is 16.9. The summed E-state index contributed by atoms with van der Waals surface area (Å²) < 4.78 is 5.18. The van der Waals surface area contributed by atoms with Gasteiger partial charge in [0.05, 0.1) is 0 Å². The number of ketones is 1. The van der Waals surface area contributed by atoms with Gasteiger partial charge in [-0.3, -0.25) is 4.79 Å². The quantitative estimate of drug-likeness (QED) is 0.705. The second kappa shape index (κ2) is 6.11. The van der Waals surface area contributed by atoms with Crippen molar-refractivity contribution in [1.29, 1.82) is 0 Å². The molecule has 24 heavy (non-hydrogen) atoms. The van der Waals surface area contributed by atoms with E-state index in [0.29, 0.717) is 17.8 Å². The Morgan fingerprint density at radius 2 is 1.71 bits per heavy atom. The van der Waals surface area contributed by atoms with Crippen LogP contribution in [-0.2, 0) is 9.53 Å². The molecular weight excluding hydrogens is 296 g/mol. The zero-order valence-corrected chi connectivity index (χ0v) is 16.0. The second-order valence-corrected chi connectivity index (χ2v) is 9.98. The summed E-state index contributed by atoms with van der Waals surface area (Å²) in [6.45, 7) is 5.41. The van der Waals surface area contributed by atoms with Gasteiger partial charge in [0, 0.05) is 13.0 Å². The predicted octanol–water partition coefficient (Wildman–Crippen LogP) is 5.25. The highest BCUT2D eigenvalue weighted by molar-refractivity contribution is 5.83. The first-order valence-electron chi connectivity index (χ1n) is 10.5.